The van der Waals surface area contributed by atoms with Crippen molar-refractivity contribution in [2.24, 2.45) is 5.92 Å². The van der Waals surface area contributed by atoms with Crippen molar-refractivity contribution in [3.8, 4) is 0 Å². The van der Waals surface area contributed by atoms with Crippen LogP contribution in [0.4, 0.5) is 10.7 Å². The molecule has 1 aromatic heterocycles. The number of amides is 1. The zero-order valence-corrected chi connectivity index (χ0v) is 12.7. The molecule has 0 radical (unpaired) electrons. The molecule has 1 atom stereocenters. The van der Waals surface area contributed by atoms with Gasteiger partial charge in [0.25, 0.3) is 5.91 Å². The topological polar surface area (TPSA) is 84.7 Å². The summed E-state index contributed by atoms with van der Waals surface area (Å²) in [5, 5.41) is 3.27. The normalized spacial score (nSPS) is 18.1. The quantitative estimate of drug-likeness (QED) is 0.822. The first-order chi connectivity index (χ1) is 9.49. The molecule has 2 rings (SSSR count). The lowest BCUT2D eigenvalue weighted by molar-refractivity contribution is 0.0603. The Morgan fingerprint density at radius 1 is 1.50 bits per heavy atom. The molecule has 1 saturated heterocycles. The lowest BCUT2D eigenvalue weighted by atomic mass is 10.2. The van der Waals surface area contributed by atoms with Crippen LogP contribution in [0.1, 0.15) is 33.4 Å². The van der Waals surface area contributed by atoms with Gasteiger partial charge in [-0.15, -0.1) is 11.3 Å². The van der Waals surface area contributed by atoms with E-state index in [1.54, 1.807) is 0 Å². The Hall–Kier alpha value is -1.76. The van der Waals surface area contributed by atoms with Crippen LogP contribution < -0.4 is 16.0 Å². The first-order valence-corrected chi connectivity index (χ1v) is 7.28. The molecule has 6 nitrogen and oxygen atoms in total. The molecule has 110 valence electrons. The van der Waals surface area contributed by atoms with E-state index in [2.05, 4.69) is 17.1 Å². The minimum atomic E-state index is -0.497. The van der Waals surface area contributed by atoms with Crippen LogP contribution in [0.3, 0.4) is 0 Å². The summed E-state index contributed by atoms with van der Waals surface area (Å²) >= 11 is 1.25. The van der Waals surface area contributed by atoms with E-state index in [0.717, 1.165) is 24.5 Å². The van der Waals surface area contributed by atoms with Crippen LogP contribution in [0.15, 0.2) is 0 Å². The van der Waals surface area contributed by atoms with Crippen LogP contribution in [0.5, 0.6) is 0 Å². The standard InChI is InChI=1S/C13H19N3O3S/c1-7-4-5-16(6-7)12-8(13(18)19-3)9(14)10(20-12)11(17)15-2/h7H,4-6,14H2,1-3H3,(H,15,17). The van der Waals surface area contributed by atoms with Gasteiger partial charge in [0.05, 0.1) is 12.8 Å². The van der Waals surface area contributed by atoms with Crippen LogP contribution in [0.25, 0.3) is 0 Å². The predicted octanol–water partition coefficient (Wildman–Crippen LogP) is 1.32. The summed E-state index contributed by atoms with van der Waals surface area (Å²) in [6, 6.07) is 0. The van der Waals surface area contributed by atoms with E-state index in [4.69, 9.17) is 10.5 Å². The monoisotopic (exact) mass is 297 g/mol. The molecule has 0 aromatic carbocycles. The summed E-state index contributed by atoms with van der Waals surface area (Å²) in [6.07, 6.45) is 1.06. The van der Waals surface area contributed by atoms with Gasteiger partial charge in [0, 0.05) is 20.1 Å². The van der Waals surface area contributed by atoms with Crippen molar-refractivity contribution in [2.45, 2.75) is 13.3 Å². The van der Waals surface area contributed by atoms with E-state index < -0.39 is 5.97 Å². The van der Waals surface area contributed by atoms with Gasteiger partial charge >= 0.3 is 5.97 Å². The van der Waals surface area contributed by atoms with Crippen LogP contribution in [-0.4, -0.2) is 39.1 Å². The fourth-order valence-electron chi connectivity index (χ4n) is 2.36. The number of carbonyl (C=O) groups is 2. The first-order valence-electron chi connectivity index (χ1n) is 6.47. The zero-order chi connectivity index (χ0) is 14.9. The third kappa shape index (κ3) is 2.45. The van der Waals surface area contributed by atoms with Gasteiger partial charge in [-0.1, -0.05) is 6.92 Å². The molecule has 0 saturated carbocycles. The fourth-order valence-corrected chi connectivity index (χ4v) is 3.55. The number of nitrogens with zero attached hydrogens (tertiary/aromatic N) is 1. The predicted molar refractivity (Wildman–Crippen MR) is 79.5 cm³/mol. The number of nitrogens with two attached hydrogens (primary N) is 1. The van der Waals surface area contributed by atoms with E-state index in [9.17, 15) is 9.59 Å². The van der Waals surface area contributed by atoms with Gasteiger partial charge in [-0.2, -0.15) is 0 Å². The highest BCUT2D eigenvalue weighted by Crippen LogP contribution is 2.40. The minimum absolute atomic E-state index is 0.204. The van der Waals surface area contributed by atoms with Gasteiger partial charge in [0.15, 0.2) is 0 Å². The number of hydrogen-bond donors (Lipinski definition) is 2. The van der Waals surface area contributed by atoms with Crippen LogP contribution in [0.2, 0.25) is 0 Å². The highest BCUT2D eigenvalue weighted by atomic mass is 32.1. The van der Waals surface area contributed by atoms with Gasteiger partial charge in [-0.3, -0.25) is 4.79 Å². The van der Waals surface area contributed by atoms with Crippen molar-refractivity contribution in [3.63, 3.8) is 0 Å². The summed E-state index contributed by atoms with van der Waals surface area (Å²) in [5.74, 6) is -0.216. The maximum Gasteiger partial charge on any atom is 0.343 e. The van der Waals surface area contributed by atoms with E-state index in [0.29, 0.717) is 16.4 Å². The summed E-state index contributed by atoms with van der Waals surface area (Å²) in [7, 11) is 2.85. The number of hydrogen-bond acceptors (Lipinski definition) is 6. The molecule has 7 heteroatoms. The summed E-state index contributed by atoms with van der Waals surface area (Å²) in [4.78, 5) is 26.3. The number of ether oxygens (including phenoxy) is 1. The van der Waals surface area contributed by atoms with Crippen molar-refractivity contribution >= 4 is 33.9 Å². The zero-order valence-electron chi connectivity index (χ0n) is 11.9. The number of anilines is 2. The average Bonchev–Trinajstić information content (AvgIpc) is 3.01. The van der Waals surface area contributed by atoms with Gasteiger partial charge in [-0.25, -0.2) is 4.79 Å². The van der Waals surface area contributed by atoms with E-state index in [-0.39, 0.29) is 11.6 Å². The van der Waals surface area contributed by atoms with Crippen molar-refractivity contribution in [1.82, 2.24) is 5.32 Å². The van der Waals surface area contributed by atoms with E-state index >= 15 is 0 Å². The summed E-state index contributed by atoms with van der Waals surface area (Å²) in [5.41, 5.74) is 6.50. The second kappa shape index (κ2) is 5.70. The first kappa shape index (κ1) is 14.6. The van der Waals surface area contributed by atoms with Gasteiger partial charge in [0.2, 0.25) is 0 Å². The Labute approximate surface area is 121 Å². The molecule has 1 aliphatic rings. The minimum Gasteiger partial charge on any atom is -0.465 e. The highest BCUT2D eigenvalue weighted by Gasteiger charge is 2.31. The van der Waals surface area contributed by atoms with Crippen molar-refractivity contribution in [1.29, 1.82) is 0 Å². The Kier molecular flexibility index (Phi) is 4.17. The SMILES string of the molecule is CNC(=O)c1sc(N2CCC(C)C2)c(C(=O)OC)c1N. The Morgan fingerprint density at radius 2 is 2.20 bits per heavy atom. The number of nitrogen functional groups attached to an aromatic ring is 1. The van der Waals surface area contributed by atoms with Crippen LogP contribution in [0, 0.1) is 5.92 Å². The number of rotatable bonds is 3. The number of nitrogens with one attached hydrogen (secondary N) is 1. The maximum atomic E-state index is 12.0. The largest absolute Gasteiger partial charge is 0.465 e. The van der Waals surface area contributed by atoms with Crippen LogP contribution >= 0.6 is 11.3 Å². The van der Waals surface area contributed by atoms with Gasteiger partial charge in [0.1, 0.15) is 15.4 Å². The number of carbonyl (C=O) groups excluding carboxylic acids is 2. The van der Waals surface area contributed by atoms with Crippen molar-refractivity contribution < 1.29 is 14.3 Å². The molecule has 0 spiro atoms. The average molecular weight is 297 g/mol. The lowest BCUT2D eigenvalue weighted by Crippen LogP contribution is -2.21. The number of esters is 1. The molecule has 1 aromatic rings. The Balaban J connectivity index is 2.48. The third-order valence-corrected chi connectivity index (χ3v) is 4.73. The number of methoxy groups -OCH3 is 1. The molecular weight excluding hydrogens is 278 g/mol. The van der Waals surface area contributed by atoms with E-state index in [1.807, 2.05) is 0 Å². The summed E-state index contributed by atoms with van der Waals surface area (Å²) in [6.45, 7) is 3.88. The van der Waals surface area contributed by atoms with Crippen LogP contribution in [-0.2, 0) is 4.74 Å². The molecule has 2 heterocycles. The van der Waals surface area contributed by atoms with Crippen molar-refractivity contribution in [3.05, 3.63) is 10.4 Å². The summed E-state index contributed by atoms with van der Waals surface area (Å²) < 4.78 is 4.80. The van der Waals surface area contributed by atoms with Gasteiger partial charge < -0.3 is 20.7 Å². The van der Waals surface area contributed by atoms with E-state index in [1.165, 1.54) is 25.5 Å². The molecule has 0 aliphatic carbocycles. The smallest absolute Gasteiger partial charge is 0.343 e. The molecule has 3 N–H and O–H groups in total. The second-order valence-electron chi connectivity index (χ2n) is 4.94. The maximum absolute atomic E-state index is 12.0. The van der Waals surface area contributed by atoms with Gasteiger partial charge in [-0.05, 0) is 12.3 Å². The molecule has 1 unspecified atom stereocenters. The third-order valence-electron chi connectivity index (χ3n) is 3.46. The molecule has 1 amide bonds. The molecule has 1 aliphatic heterocycles. The fraction of sp³-hybridized carbons (Fsp3) is 0.538. The highest BCUT2D eigenvalue weighted by molar-refractivity contribution is 7.19. The lowest BCUT2D eigenvalue weighted by Gasteiger charge is -2.17. The second-order valence-corrected chi connectivity index (χ2v) is 5.93. The number of thiophene rings is 1. The molecule has 0 bridgehead atoms. The Morgan fingerprint density at radius 3 is 2.70 bits per heavy atom. The molecule has 1 fully saturated rings. The molecular formula is C13H19N3O3S. The Bertz CT molecular complexity index is 541. The molecule has 20 heavy (non-hydrogen) atoms. The van der Waals surface area contributed by atoms with Crippen molar-refractivity contribution in [2.75, 3.05) is 37.9 Å².